The van der Waals surface area contributed by atoms with Crippen molar-refractivity contribution in [3.63, 3.8) is 0 Å². The van der Waals surface area contributed by atoms with E-state index in [-0.39, 0.29) is 0 Å². The van der Waals surface area contributed by atoms with Gasteiger partial charge in [0.25, 0.3) is 0 Å². The second kappa shape index (κ2) is 18.0. The van der Waals surface area contributed by atoms with Gasteiger partial charge in [0.15, 0.2) is 0 Å². The zero-order valence-electron chi connectivity index (χ0n) is 40.4. The van der Waals surface area contributed by atoms with Gasteiger partial charge in [-0.1, -0.05) is 249 Å². The fourth-order valence-electron chi connectivity index (χ4n) is 11.5. The molecule has 0 nitrogen and oxygen atoms in total. The molecule has 0 aliphatic heterocycles. The van der Waals surface area contributed by atoms with Crippen LogP contribution in [0.3, 0.4) is 0 Å². The van der Waals surface area contributed by atoms with Gasteiger partial charge in [0, 0.05) is 0 Å². The summed E-state index contributed by atoms with van der Waals surface area (Å²) < 4.78 is 0. The highest BCUT2D eigenvalue weighted by Crippen LogP contribution is 2.48. The van der Waals surface area contributed by atoms with E-state index in [1.807, 2.05) is 0 Å². The van der Waals surface area contributed by atoms with Crippen LogP contribution in [-0.4, -0.2) is 0 Å². The Morgan fingerprint density at radius 3 is 1.01 bits per heavy atom. The van der Waals surface area contributed by atoms with Crippen molar-refractivity contribution in [1.29, 1.82) is 0 Å². The van der Waals surface area contributed by atoms with Crippen LogP contribution in [0.5, 0.6) is 0 Å². The Bertz CT molecular complexity index is 4270. The van der Waals surface area contributed by atoms with E-state index in [9.17, 15) is 0 Å². The van der Waals surface area contributed by atoms with Crippen molar-refractivity contribution in [3.05, 3.63) is 272 Å². The number of benzene rings is 14. The summed E-state index contributed by atoms with van der Waals surface area (Å²) in [5.41, 5.74) is 12.9. The Balaban J connectivity index is 0.000000141. The summed E-state index contributed by atoms with van der Waals surface area (Å²) in [5.74, 6) is 0. The Morgan fingerprint density at radius 1 is 0.250 bits per heavy atom. The number of hydrogen-bond acceptors (Lipinski definition) is 0. The van der Waals surface area contributed by atoms with Gasteiger partial charge in [0.2, 0.25) is 0 Å². The molecule has 72 heavy (non-hydrogen) atoms. The highest BCUT2D eigenvalue weighted by molar-refractivity contribution is 6.26. The zero-order chi connectivity index (χ0) is 48.1. The predicted octanol–water partition coefficient (Wildman–Crippen LogP) is 20.7. The minimum Gasteiger partial charge on any atom is -0.0841 e. The Labute approximate surface area is 420 Å². The van der Waals surface area contributed by atoms with E-state index in [1.165, 1.54) is 142 Å². The predicted molar refractivity (Wildman–Crippen MR) is 314 cm³/mol. The van der Waals surface area contributed by atoms with Gasteiger partial charge < -0.3 is 0 Å². The first-order chi connectivity index (χ1) is 35.6. The van der Waals surface area contributed by atoms with Crippen molar-refractivity contribution in [1.82, 2.24) is 0 Å². The number of hydrogen-bond donors (Lipinski definition) is 0. The first-order valence-electron chi connectivity index (χ1n) is 25.1. The molecule has 0 heterocycles. The molecule has 0 N–H and O–H groups in total. The molecule has 0 atom stereocenters. The molecule has 14 rings (SSSR count). The third-order valence-corrected chi connectivity index (χ3v) is 15.0. The fourth-order valence-corrected chi connectivity index (χ4v) is 11.5. The van der Waals surface area contributed by atoms with Crippen molar-refractivity contribution >= 4 is 91.8 Å². The van der Waals surface area contributed by atoms with Gasteiger partial charge in [0.1, 0.15) is 0 Å². The SMILES string of the molecule is C/C=C(\C)c1ccc2c(-c3ccc4ccccc4c3)c3ccccc3c(-c3ccc4ccccc4c3)c2c1.c1ccc2c(-c3c4ccccc4c(-c4cccc5ccccc45)c4ccccc34)cccc2c1. The smallest absolute Gasteiger partial charge is 0.00201 e. The van der Waals surface area contributed by atoms with Gasteiger partial charge in [-0.3, -0.25) is 0 Å². The number of fused-ring (bicyclic) bond motifs is 8. The van der Waals surface area contributed by atoms with Gasteiger partial charge in [-0.25, -0.2) is 0 Å². The first-order valence-corrected chi connectivity index (χ1v) is 25.1. The molecule has 0 aliphatic rings. The molecule has 0 aromatic heterocycles. The number of rotatable bonds is 5. The maximum Gasteiger partial charge on any atom is -0.00201 e. The summed E-state index contributed by atoms with van der Waals surface area (Å²) in [7, 11) is 0. The minimum atomic E-state index is 1.25. The van der Waals surface area contributed by atoms with Crippen LogP contribution in [0.2, 0.25) is 0 Å². The molecule has 0 radical (unpaired) electrons. The van der Waals surface area contributed by atoms with Crippen LogP contribution in [0.1, 0.15) is 19.4 Å². The summed E-state index contributed by atoms with van der Waals surface area (Å²) in [6.45, 7) is 4.31. The number of allylic oxidation sites excluding steroid dienone is 2. The van der Waals surface area contributed by atoms with E-state index in [4.69, 9.17) is 0 Å². The second-order valence-electron chi connectivity index (χ2n) is 19.0. The largest absolute Gasteiger partial charge is 0.0841 e. The Morgan fingerprint density at radius 2 is 0.583 bits per heavy atom. The standard InChI is InChI=1S/C38H28.C34H22/c1-3-25(2)28-20-21-35-36(24-28)38(32-19-17-27-11-5-7-13-30(27)23-32)34-15-9-8-14-33(34)37(35)31-18-16-26-10-4-6-12-29(26)22-31;1-3-15-25-23(11-1)13-9-21-27(25)33-29-17-5-7-19-31(29)34(32-20-8-6-18-30(32)33)28-22-10-14-24-12-2-4-16-26(24)28/h3-24H,1-2H3;1-22H/b25-3+;. The quantitative estimate of drug-likeness (QED) is 0.151. The molecule has 0 aliphatic carbocycles. The average molecular weight is 915 g/mol. The van der Waals surface area contributed by atoms with Crippen molar-refractivity contribution in [2.75, 3.05) is 0 Å². The van der Waals surface area contributed by atoms with E-state index in [0.717, 1.165) is 0 Å². The zero-order valence-corrected chi connectivity index (χ0v) is 40.4. The highest BCUT2D eigenvalue weighted by atomic mass is 14.2. The molecule has 0 saturated heterocycles. The lowest BCUT2D eigenvalue weighted by molar-refractivity contribution is 1.57. The summed E-state index contributed by atoms with van der Waals surface area (Å²) in [6, 6.07) is 95.5. The normalized spacial score (nSPS) is 11.8. The molecule has 14 aromatic carbocycles. The van der Waals surface area contributed by atoms with E-state index >= 15 is 0 Å². The molecule has 0 unspecified atom stereocenters. The Kier molecular flexibility index (Phi) is 10.7. The third-order valence-electron chi connectivity index (χ3n) is 15.0. The minimum absolute atomic E-state index is 1.25. The molecule has 338 valence electrons. The van der Waals surface area contributed by atoms with Crippen LogP contribution in [0.15, 0.2) is 267 Å². The van der Waals surface area contributed by atoms with Gasteiger partial charge >= 0.3 is 0 Å². The molecule has 0 saturated carbocycles. The van der Waals surface area contributed by atoms with Gasteiger partial charge in [-0.05, 0) is 174 Å². The van der Waals surface area contributed by atoms with Gasteiger partial charge in [-0.15, -0.1) is 0 Å². The summed E-state index contributed by atoms with van der Waals surface area (Å²) in [4.78, 5) is 0. The van der Waals surface area contributed by atoms with E-state index < -0.39 is 0 Å². The molecular formula is C72H50. The van der Waals surface area contributed by atoms with Crippen LogP contribution in [0.25, 0.3) is 136 Å². The summed E-state index contributed by atoms with van der Waals surface area (Å²) in [6.07, 6.45) is 2.20. The van der Waals surface area contributed by atoms with E-state index in [1.54, 1.807) is 0 Å². The molecule has 0 bridgehead atoms. The van der Waals surface area contributed by atoms with Crippen LogP contribution < -0.4 is 0 Å². The van der Waals surface area contributed by atoms with Gasteiger partial charge in [0.05, 0.1) is 0 Å². The first kappa shape index (κ1) is 43.0. The Hall–Kier alpha value is -9.10. The third kappa shape index (κ3) is 7.31. The van der Waals surface area contributed by atoms with Crippen molar-refractivity contribution in [2.24, 2.45) is 0 Å². The van der Waals surface area contributed by atoms with Gasteiger partial charge in [-0.2, -0.15) is 0 Å². The molecular weight excluding hydrogens is 865 g/mol. The maximum absolute atomic E-state index is 2.40. The molecule has 14 aromatic rings. The fraction of sp³-hybridized carbons (Fsp3) is 0.0278. The molecule has 0 amide bonds. The van der Waals surface area contributed by atoms with Crippen molar-refractivity contribution < 1.29 is 0 Å². The van der Waals surface area contributed by atoms with Crippen molar-refractivity contribution in [3.8, 4) is 44.5 Å². The lowest BCUT2D eigenvalue weighted by Crippen LogP contribution is -1.92. The lowest BCUT2D eigenvalue weighted by Gasteiger charge is -2.19. The van der Waals surface area contributed by atoms with E-state index in [2.05, 4.69) is 281 Å². The average Bonchev–Trinajstić information content (AvgIpc) is 3.45. The van der Waals surface area contributed by atoms with Crippen LogP contribution in [-0.2, 0) is 0 Å². The second-order valence-corrected chi connectivity index (χ2v) is 19.0. The van der Waals surface area contributed by atoms with Crippen LogP contribution in [0, 0.1) is 0 Å². The monoisotopic (exact) mass is 914 g/mol. The molecule has 0 fully saturated rings. The summed E-state index contributed by atoms with van der Waals surface area (Å²) >= 11 is 0. The topological polar surface area (TPSA) is 0 Å². The molecule has 0 spiro atoms. The molecule has 0 heteroatoms. The van der Waals surface area contributed by atoms with Crippen LogP contribution >= 0.6 is 0 Å². The maximum atomic E-state index is 2.40. The van der Waals surface area contributed by atoms with E-state index in [0.29, 0.717) is 0 Å². The highest BCUT2D eigenvalue weighted by Gasteiger charge is 2.20. The van der Waals surface area contributed by atoms with Crippen molar-refractivity contribution in [2.45, 2.75) is 13.8 Å². The lowest BCUT2D eigenvalue weighted by atomic mass is 9.84. The summed E-state index contributed by atoms with van der Waals surface area (Å²) in [5, 5.41) is 20.5. The van der Waals surface area contributed by atoms with Crippen LogP contribution in [0.4, 0.5) is 0 Å².